The van der Waals surface area contributed by atoms with Crippen LogP contribution in [0.4, 0.5) is 0 Å². The molecule has 0 saturated carbocycles. The fourth-order valence-electron chi connectivity index (χ4n) is 1.80. The van der Waals surface area contributed by atoms with Gasteiger partial charge in [-0.25, -0.2) is 8.42 Å². The van der Waals surface area contributed by atoms with Crippen molar-refractivity contribution in [2.45, 2.75) is 0 Å². The number of sulfone groups is 1. The highest BCUT2D eigenvalue weighted by Crippen LogP contribution is 2.28. The molecule has 1 aliphatic heterocycles. The normalized spacial score (nSPS) is 14.5. The van der Waals surface area contributed by atoms with Gasteiger partial charge in [0, 0.05) is 29.4 Å². The molecule has 0 spiro atoms. The summed E-state index contributed by atoms with van der Waals surface area (Å²) in [6.07, 6.45) is 3.32. The Bertz CT molecular complexity index is 596. The van der Waals surface area contributed by atoms with Gasteiger partial charge in [-0.15, -0.1) is 0 Å². The summed E-state index contributed by atoms with van der Waals surface area (Å²) >= 11 is 3.43. The average molecular weight is 346 g/mol. The largest absolute Gasteiger partial charge is 0.489 e. The lowest BCUT2D eigenvalue weighted by atomic mass is 10.1. The molecule has 0 fully saturated rings. The van der Waals surface area contributed by atoms with Crippen LogP contribution in [0.3, 0.4) is 0 Å². The van der Waals surface area contributed by atoms with Gasteiger partial charge in [0.1, 0.15) is 22.2 Å². The molecule has 2 rings (SSSR count). The molecule has 19 heavy (non-hydrogen) atoms. The zero-order valence-corrected chi connectivity index (χ0v) is 13.1. The maximum absolute atomic E-state index is 11.0. The highest BCUT2D eigenvalue weighted by Gasteiger charge is 2.11. The van der Waals surface area contributed by atoms with Crippen molar-refractivity contribution in [2.75, 3.05) is 31.7 Å². The maximum Gasteiger partial charge on any atom is 0.148 e. The van der Waals surface area contributed by atoms with Crippen molar-refractivity contribution in [1.82, 2.24) is 5.32 Å². The number of hydrogen-bond donors (Lipinski definition) is 1. The van der Waals surface area contributed by atoms with Crippen LogP contribution in [0.1, 0.15) is 5.56 Å². The average Bonchev–Trinajstić information content (AvgIpc) is 2.33. The molecule has 1 heterocycles. The van der Waals surface area contributed by atoms with Gasteiger partial charge in [0.05, 0.1) is 5.75 Å². The van der Waals surface area contributed by atoms with Crippen LogP contribution in [0.2, 0.25) is 0 Å². The van der Waals surface area contributed by atoms with Crippen molar-refractivity contribution in [3.8, 4) is 5.75 Å². The molecule has 0 unspecified atom stereocenters. The summed E-state index contributed by atoms with van der Waals surface area (Å²) in [5, 5.41) is 3.12. The number of hydrogen-bond acceptors (Lipinski definition) is 4. The van der Waals surface area contributed by atoms with E-state index in [9.17, 15) is 8.42 Å². The molecule has 0 saturated heterocycles. The zero-order valence-electron chi connectivity index (χ0n) is 10.6. The number of halogens is 1. The highest BCUT2D eigenvalue weighted by molar-refractivity contribution is 9.10. The van der Waals surface area contributed by atoms with Gasteiger partial charge in [-0.3, -0.25) is 0 Å². The van der Waals surface area contributed by atoms with E-state index in [1.807, 2.05) is 18.2 Å². The molecule has 104 valence electrons. The van der Waals surface area contributed by atoms with E-state index in [-0.39, 0.29) is 5.75 Å². The van der Waals surface area contributed by atoms with E-state index in [0.29, 0.717) is 19.7 Å². The molecule has 1 aliphatic rings. The Balaban J connectivity index is 1.92. The zero-order chi connectivity index (χ0) is 13.9. The van der Waals surface area contributed by atoms with Crippen molar-refractivity contribution >= 4 is 31.8 Å². The first-order valence-electron chi connectivity index (χ1n) is 5.94. The van der Waals surface area contributed by atoms with Crippen LogP contribution < -0.4 is 10.1 Å². The van der Waals surface area contributed by atoms with Gasteiger partial charge < -0.3 is 10.1 Å². The van der Waals surface area contributed by atoms with Crippen LogP contribution in [-0.2, 0) is 9.84 Å². The Hall–Kier alpha value is -0.850. The van der Waals surface area contributed by atoms with E-state index in [0.717, 1.165) is 21.4 Å². The molecule has 1 N–H and O–H groups in total. The Morgan fingerprint density at radius 1 is 1.42 bits per heavy atom. The fraction of sp³-hybridized carbons (Fsp3) is 0.385. The quantitative estimate of drug-likeness (QED) is 0.827. The van der Waals surface area contributed by atoms with Crippen molar-refractivity contribution in [3.05, 3.63) is 33.8 Å². The van der Waals surface area contributed by atoms with Crippen LogP contribution in [0.25, 0.3) is 6.08 Å². The smallest absolute Gasteiger partial charge is 0.148 e. The van der Waals surface area contributed by atoms with Crippen LogP contribution in [0.15, 0.2) is 28.2 Å². The minimum atomic E-state index is -2.90. The standard InChI is InChI=1S/C13H16BrNO3S/c1-19(16,17)5-4-15-8-10-6-11-7-12(14)2-3-13(11)18-9-10/h2-3,6-7,15H,4-5,8-9H2,1H3. The number of ether oxygens (including phenoxy) is 1. The third kappa shape index (κ3) is 4.63. The molecule has 0 bridgehead atoms. The lowest BCUT2D eigenvalue weighted by Crippen LogP contribution is -2.26. The highest BCUT2D eigenvalue weighted by atomic mass is 79.9. The van der Waals surface area contributed by atoms with E-state index in [1.165, 1.54) is 6.26 Å². The van der Waals surface area contributed by atoms with Gasteiger partial charge in [-0.1, -0.05) is 15.9 Å². The van der Waals surface area contributed by atoms with E-state index < -0.39 is 9.84 Å². The predicted molar refractivity (Wildman–Crippen MR) is 80.2 cm³/mol. The minimum Gasteiger partial charge on any atom is -0.489 e. The van der Waals surface area contributed by atoms with Gasteiger partial charge >= 0.3 is 0 Å². The molecule has 0 aliphatic carbocycles. The van der Waals surface area contributed by atoms with E-state index in [2.05, 4.69) is 27.3 Å². The van der Waals surface area contributed by atoms with E-state index in [1.54, 1.807) is 0 Å². The summed E-state index contributed by atoms with van der Waals surface area (Å²) in [6, 6.07) is 5.89. The predicted octanol–water partition coefficient (Wildman–Crippen LogP) is 1.86. The minimum absolute atomic E-state index is 0.156. The molecule has 0 atom stereocenters. The number of benzene rings is 1. The van der Waals surface area contributed by atoms with Crippen LogP contribution in [-0.4, -0.2) is 40.1 Å². The van der Waals surface area contributed by atoms with Crippen molar-refractivity contribution in [3.63, 3.8) is 0 Å². The lowest BCUT2D eigenvalue weighted by molar-refractivity contribution is 0.343. The summed E-state index contributed by atoms with van der Waals surface area (Å²) < 4.78 is 28.7. The van der Waals surface area contributed by atoms with Gasteiger partial charge in [-0.05, 0) is 29.8 Å². The summed E-state index contributed by atoms with van der Waals surface area (Å²) in [7, 11) is -2.90. The van der Waals surface area contributed by atoms with Gasteiger partial charge in [-0.2, -0.15) is 0 Å². The van der Waals surface area contributed by atoms with Crippen LogP contribution in [0, 0.1) is 0 Å². The van der Waals surface area contributed by atoms with Crippen LogP contribution in [0.5, 0.6) is 5.75 Å². The monoisotopic (exact) mass is 345 g/mol. The summed E-state index contributed by atoms with van der Waals surface area (Å²) in [5.74, 6) is 1.03. The second kappa shape index (κ2) is 6.07. The maximum atomic E-state index is 11.0. The second-order valence-corrected chi connectivity index (χ2v) is 7.76. The first-order chi connectivity index (χ1) is 8.94. The van der Waals surface area contributed by atoms with Crippen LogP contribution >= 0.6 is 15.9 Å². The molecule has 0 amide bonds. The molecule has 4 nitrogen and oxygen atoms in total. The molecular weight excluding hydrogens is 330 g/mol. The third-order valence-corrected chi connectivity index (χ3v) is 4.19. The van der Waals surface area contributed by atoms with Crippen molar-refractivity contribution in [1.29, 1.82) is 0 Å². The van der Waals surface area contributed by atoms with Gasteiger partial charge in [0.15, 0.2) is 0 Å². The summed E-state index contributed by atoms with van der Waals surface area (Å²) in [4.78, 5) is 0. The van der Waals surface area contributed by atoms with Crippen molar-refractivity contribution < 1.29 is 13.2 Å². The Kier molecular flexibility index (Phi) is 4.65. The second-order valence-electron chi connectivity index (χ2n) is 4.58. The van der Waals surface area contributed by atoms with Gasteiger partial charge in [0.2, 0.25) is 0 Å². The molecule has 1 aromatic rings. The summed E-state index contributed by atoms with van der Waals surface area (Å²) in [5.41, 5.74) is 2.15. The third-order valence-electron chi connectivity index (χ3n) is 2.75. The topological polar surface area (TPSA) is 55.4 Å². The SMILES string of the molecule is CS(=O)(=O)CCNCC1=Cc2cc(Br)ccc2OC1. The van der Waals surface area contributed by atoms with E-state index >= 15 is 0 Å². The molecular formula is C13H16BrNO3S. The number of fused-ring (bicyclic) bond motifs is 1. The fourth-order valence-corrected chi connectivity index (χ4v) is 2.70. The molecule has 1 aromatic carbocycles. The molecule has 0 radical (unpaired) electrons. The first kappa shape index (κ1) is 14.6. The Labute approximate surface area is 121 Å². The van der Waals surface area contributed by atoms with Gasteiger partial charge in [0.25, 0.3) is 0 Å². The molecule has 6 heteroatoms. The lowest BCUT2D eigenvalue weighted by Gasteiger charge is -2.18. The molecule has 0 aromatic heterocycles. The van der Waals surface area contributed by atoms with E-state index in [4.69, 9.17) is 4.74 Å². The Morgan fingerprint density at radius 3 is 2.95 bits per heavy atom. The Morgan fingerprint density at radius 2 is 2.21 bits per heavy atom. The summed E-state index contributed by atoms with van der Waals surface area (Å²) in [6.45, 7) is 1.64. The number of rotatable bonds is 5. The van der Waals surface area contributed by atoms with Crippen molar-refractivity contribution in [2.24, 2.45) is 0 Å². The number of nitrogens with one attached hydrogen (secondary N) is 1. The first-order valence-corrected chi connectivity index (χ1v) is 8.80.